The lowest BCUT2D eigenvalue weighted by atomic mass is 9.98. The maximum Gasteiger partial charge on any atom is 0.229 e. The Balaban J connectivity index is 1.57. The van der Waals surface area contributed by atoms with Gasteiger partial charge in [0.2, 0.25) is 5.95 Å². The highest BCUT2D eigenvalue weighted by Gasteiger charge is 2.31. The number of anilines is 3. The van der Waals surface area contributed by atoms with E-state index in [1.165, 1.54) is 0 Å². The normalized spacial score (nSPS) is 15.0. The molecule has 7 nitrogen and oxygen atoms in total. The summed E-state index contributed by atoms with van der Waals surface area (Å²) in [6.45, 7) is 1.46. The van der Waals surface area contributed by atoms with E-state index in [4.69, 9.17) is 28.2 Å². The largest absolute Gasteiger partial charge is 0.321 e. The number of hydrogen-bond donors (Lipinski definition) is 1. The third-order valence-corrected chi connectivity index (χ3v) is 5.16. The van der Waals surface area contributed by atoms with Crippen LogP contribution in [-0.2, 0) is 7.05 Å². The average Bonchev–Trinajstić information content (AvgIpc) is 3.31. The molecule has 5 rings (SSSR count). The minimum absolute atomic E-state index is 0.513. The molecule has 0 atom stereocenters. The number of amidine groups is 1. The molecule has 0 aliphatic carbocycles. The van der Waals surface area contributed by atoms with E-state index in [1.54, 1.807) is 23.1 Å². The van der Waals surface area contributed by atoms with Crippen molar-refractivity contribution in [2.45, 2.75) is 0 Å². The molecular formula is C19H15Cl2N7. The molecule has 1 N–H and O–H groups in total. The van der Waals surface area contributed by atoms with Crippen LogP contribution in [0.15, 0.2) is 41.8 Å². The number of aryl methyl sites for hydroxylation is 1. The van der Waals surface area contributed by atoms with Crippen LogP contribution in [0.4, 0.5) is 17.5 Å². The molecule has 0 spiro atoms. The lowest BCUT2D eigenvalue weighted by Crippen LogP contribution is -2.32. The number of fused-ring (bicyclic) bond motifs is 3. The number of nitrogens with zero attached hydrogens (tertiary/aromatic N) is 6. The first kappa shape index (κ1) is 17.2. The molecule has 0 amide bonds. The van der Waals surface area contributed by atoms with Crippen LogP contribution in [-0.4, -0.2) is 38.7 Å². The lowest BCUT2D eigenvalue weighted by Gasteiger charge is -2.27. The Morgan fingerprint density at radius 1 is 1.18 bits per heavy atom. The van der Waals surface area contributed by atoms with E-state index in [9.17, 15) is 0 Å². The van der Waals surface area contributed by atoms with Gasteiger partial charge >= 0.3 is 0 Å². The number of aliphatic imine (C=N–C) groups is 1. The van der Waals surface area contributed by atoms with Gasteiger partial charge in [-0.25, -0.2) is 4.98 Å². The standard InChI is InChI=1S/C19H15Cl2N7/c1-27-10-13(9-24-27)25-19-23-8-11-6-15(14-3-2-12(20)7-16(14)21)18-22-4-5-28(18)17(11)26-19/h2-3,6-10H,4-5H2,1H3,(H,23,25,26). The second-order valence-electron chi connectivity index (χ2n) is 6.54. The fourth-order valence-corrected chi connectivity index (χ4v) is 3.90. The molecule has 3 aromatic rings. The highest BCUT2D eigenvalue weighted by Crippen LogP contribution is 2.38. The van der Waals surface area contributed by atoms with Gasteiger partial charge in [0.25, 0.3) is 0 Å². The van der Waals surface area contributed by atoms with Crippen molar-refractivity contribution in [2.24, 2.45) is 12.0 Å². The van der Waals surface area contributed by atoms with Gasteiger partial charge in [-0.1, -0.05) is 29.3 Å². The van der Waals surface area contributed by atoms with E-state index in [1.807, 2.05) is 31.5 Å². The Kier molecular flexibility index (Phi) is 4.07. The minimum Gasteiger partial charge on any atom is -0.321 e. The molecule has 140 valence electrons. The molecule has 0 fully saturated rings. The highest BCUT2D eigenvalue weighted by molar-refractivity contribution is 6.41. The van der Waals surface area contributed by atoms with E-state index in [-0.39, 0.29) is 0 Å². The predicted molar refractivity (Wildman–Crippen MR) is 113 cm³/mol. The molecule has 0 unspecified atom stereocenters. The van der Waals surface area contributed by atoms with E-state index < -0.39 is 0 Å². The second-order valence-corrected chi connectivity index (χ2v) is 7.38. The van der Waals surface area contributed by atoms with Crippen LogP contribution in [0.2, 0.25) is 10.0 Å². The first-order valence-corrected chi connectivity index (χ1v) is 9.46. The zero-order valence-electron chi connectivity index (χ0n) is 14.9. The molecule has 2 aliphatic rings. The summed E-state index contributed by atoms with van der Waals surface area (Å²) in [4.78, 5) is 15.9. The van der Waals surface area contributed by atoms with Crippen molar-refractivity contribution in [2.75, 3.05) is 23.3 Å². The van der Waals surface area contributed by atoms with Crippen molar-refractivity contribution in [3.05, 3.63) is 58.0 Å². The quantitative estimate of drug-likeness (QED) is 0.703. The summed E-state index contributed by atoms with van der Waals surface area (Å²) in [6.07, 6.45) is 7.43. The van der Waals surface area contributed by atoms with Crippen molar-refractivity contribution in [1.29, 1.82) is 0 Å². The van der Waals surface area contributed by atoms with Crippen LogP contribution in [0.3, 0.4) is 0 Å². The van der Waals surface area contributed by atoms with E-state index in [0.29, 0.717) is 22.5 Å². The van der Waals surface area contributed by atoms with Crippen LogP contribution < -0.4 is 10.2 Å². The van der Waals surface area contributed by atoms with Gasteiger partial charge in [0, 0.05) is 47.7 Å². The van der Waals surface area contributed by atoms with Crippen LogP contribution in [0.1, 0.15) is 11.1 Å². The molecule has 0 bridgehead atoms. The van der Waals surface area contributed by atoms with Crippen molar-refractivity contribution in [1.82, 2.24) is 19.7 Å². The molecule has 2 aliphatic heterocycles. The minimum atomic E-state index is 0.513. The molecule has 28 heavy (non-hydrogen) atoms. The van der Waals surface area contributed by atoms with E-state index in [0.717, 1.165) is 40.6 Å². The van der Waals surface area contributed by atoms with E-state index in [2.05, 4.69) is 25.3 Å². The fourth-order valence-electron chi connectivity index (χ4n) is 3.39. The smallest absolute Gasteiger partial charge is 0.229 e. The molecule has 1 aromatic carbocycles. The first-order valence-electron chi connectivity index (χ1n) is 8.71. The summed E-state index contributed by atoms with van der Waals surface area (Å²) >= 11 is 12.5. The lowest BCUT2D eigenvalue weighted by molar-refractivity contribution is 0.768. The van der Waals surface area contributed by atoms with Gasteiger partial charge in [-0.3, -0.25) is 9.67 Å². The SMILES string of the molecule is Cn1cc(Nc2ncc3c(n2)N2CCN=C2C(c2ccc(Cl)cc2Cl)=C3)cn1. The summed E-state index contributed by atoms with van der Waals surface area (Å²) < 4.78 is 1.72. The van der Waals surface area contributed by atoms with Gasteiger partial charge in [0.05, 0.1) is 23.5 Å². The molecule has 4 heterocycles. The summed E-state index contributed by atoms with van der Waals surface area (Å²) in [7, 11) is 1.86. The van der Waals surface area contributed by atoms with Gasteiger partial charge in [-0.05, 0) is 18.2 Å². The number of rotatable bonds is 3. The molecule has 2 aromatic heterocycles. The van der Waals surface area contributed by atoms with Gasteiger partial charge in [0.15, 0.2) is 0 Å². The number of aromatic nitrogens is 4. The van der Waals surface area contributed by atoms with Crippen LogP contribution in [0, 0.1) is 0 Å². The number of hydrogen-bond acceptors (Lipinski definition) is 6. The third kappa shape index (κ3) is 2.93. The number of benzene rings is 1. The van der Waals surface area contributed by atoms with Crippen molar-refractivity contribution in [3.8, 4) is 0 Å². The van der Waals surface area contributed by atoms with Crippen LogP contribution >= 0.6 is 23.2 Å². The Hall–Kier alpha value is -2.90. The van der Waals surface area contributed by atoms with Crippen LogP contribution in [0.25, 0.3) is 11.6 Å². The van der Waals surface area contributed by atoms with Gasteiger partial charge in [0.1, 0.15) is 11.7 Å². The summed E-state index contributed by atoms with van der Waals surface area (Å²) in [6, 6.07) is 5.49. The Morgan fingerprint density at radius 2 is 2.07 bits per heavy atom. The van der Waals surface area contributed by atoms with Crippen LogP contribution in [0.5, 0.6) is 0 Å². The average molecular weight is 412 g/mol. The topological polar surface area (TPSA) is 71.2 Å². The number of halogens is 2. The van der Waals surface area contributed by atoms with Gasteiger partial charge in [-0.15, -0.1) is 0 Å². The molecule has 9 heteroatoms. The Bertz CT molecular complexity index is 1150. The maximum absolute atomic E-state index is 6.45. The zero-order valence-corrected chi connectivity index (χ0v) is 16.4. The molecular weight excluding hydrogens is 397 g/mol. The summed E-state index contributed by atoms with van der Waals surface area (Å²) in [5, 5.41) is 8.53. The third-order valence-electron chi connectivity index (χ3n) is 4.62. The summed E-state index contributed by atoms with van der Waals surface area (Å²) in [5.41, 5.74) is 3.58. The van der Waals surface area contributed by atoms with E-state index >= 15 is 0 Å². The highest BCUT2D eigenvalue weighted by atomic mass is 35.5. The van der Waals surface area contributed by atoms with Crippen molar-refractivity contribution in [3.63, 3.8) is 0 Å². The fraction of sp³-hybridized carbons (Fsp3) is 0.158. The predicted octanol–water partition coefficient (Wildman–Crippen LogP) is 4.03. The van der Waals surface area contributed by atoms with Gasteiger partial charge < -0.3 is 10.2 Å². The summed E-state index contributed by atoms with van der Waals surface area (Å²) in [5.74, 6) is 2.20. The monoisotopic (exact) mass is 411 g/mol. The molecule has 0 radical (unpaired) electrons. The molecule has 0 saturated carbocycles. The second kappa shape index (κ2) is 6.61. The van der Waals surface area contributed by atoms with Crippen molar-refractivity contribution < 1.29 is 0 Å². The maximum atomic E-state index is 6.45. The Labute approximate surface area is 171 Å². The van der Waals surface area contributed by atoms with Crippen molar-refractivity contribution >= 4 is 58.1 Å². The first-order chi connectivity index (χ1) is 13.6. The Morgan fingerprint density at radius 3 is 2.86 bits per heavy atom. The molecule has 0 saturated heterocycles. The zero-order chi connectivity index (χ0) is 19.3. The number of nitrogens with one attached hydrogen (secondary N) is 1. The van der Waals surface area contributed by atoms with Gasteiger partial charge in [-0.2, -0.15) is 10.1 Å².